The van der Waals surface area contributed by atoms with Crippen molar-refractivity contribution in [3.63, 3.8) is 0 Å². The molecule has 3 rings (SSSR count). The first-order valence-corrected chi connectivity index (χ1v) is 7.94. The number of hydrogen-bond donors (Lipinski definition) is 0. The van der Waals surface area contributed by atoms with Crippen LogP contribution in [-0.4, -0.2) is 65.3 Å². The Morgan fingerprint density at radius 3 is 2.48 bits per heavy atom. The zero-order chi connectivity index (χ0) is 16.2. The van der Waals surface area contributed by atoms with E-state index >= 15 is 0 Å². The molecule has 2 heterocycles. The molecule has 1 fully saturated rings. The third kappa shape index (κ3) is 3.22. The highest BCUT2D eigenvalue weighted by atomic mass is 16.5. The van der Waals surface area contributed by atoms with Crippen LogP contribution in [-0.2, 0) is 0 Å². The molecule has 0 unspecified atom stereocenters. The smallest absolute Gasteiger partial charge is 0.272 e. The average Bonchev–Trinajstić information content (AvgIpc) is 3.06. The van der Waals surface area contributed by atoms with Gasteiger partial charge < -0.3 is 14.5 Å². The minimum absolute atomic E-state index is 0.000376. The van der Waals surface area contributed by atoms with E-state index < -0.39 is 0 Å². The number of benzene rings is 1. The lowest BCUT2D eigenvalue weighted by Gasteiger charge is -2.34. The molecule has 1 saturated heterocycles. The third-order valence-electron chi connectivity index (χ3n) is 4.22. The second-order valence-corrected chi connectivity index (χ2v) is 5.55. The number of ether oxygens (including phenoxy) is 1. The molecule has 2 aromatic rings. The van der Waals surface area contributed by atoms with Gasteiger partial charge in [0.1, 0.15) is 5.69 Å². The Labute approximate surface area is 136 Å². The number of rotatable bonds is 4. The monoisotopic (exact) mass is 314 g/mol. The summed E-state index contributed by atoms with van der Waals surface area (Å²) in [6, 6.07) is 11.4. The molecule has 6 nitrogen and oxygen atoms in total. The van der Waals surface area contributed by atoms with Crippen molar-refractivity contribution >= 4 is 5.91 Å². The third-order valence-corrected chi connectivity index (χ3v) is 4.22. The number of amides is 1. The summed E-state index contributed by atoms with van der Waals surface area (Å²) in [6.07, 6.45) is 0. The van der Waals surface area contributed by atoms with Crippen molar-refractivity contribution < 1.29 is 9.53 Å². The predicted molar refractivity (Wildman–Crippen MR) is 88.1 cm³/mol. The van der Waals surface area contributed by atoms with E-state index in [9.17, 15) is 4.79 Å². The first kappa shape index (κ1) is 15.6. The van der Waals surface area contributed by atoms with Crippen LogP contribution in [0, 0.1) is 0 Å². The Balaban J connectivity index is 1.87. The number of nitrogens with zero attached hydrogens (tertiary/aromatic N) is 4. The van der Waals surface area contributed by atoms with E-state index in [4.69, 9.17) is 4.74 Å². The predicted octanol–water partition coefficient (Wildman–Crippen LogP) is 1.66. The maximum Gasteiger partial charge on any atom is 0.272 e. The lowest BCUT2D eigenvalue weighted by atomic mass is 10.2. The van der Waals surface area contributed by atoms with Crippen LogP contribution in [0.1, 0.15) is 17.4 Å². The fourth-order valence-electron chi connectivity index (χ4n) is 2.81. The van der Waals surface area contributed by atoms with Crippen molar-refractivity contribution in [2.75, 3.05) is 39.8 Å². The molecular formula is C17H22N4O2. The molecule has 0 radical (unpaired) electrons. The summed E-state index contributed by atoms with van der Waals surface area (Å²) in [5.41, 5.74) is 1.39. The fraction of sp³-hybridized carbons (Fsp3) is 0.412. The van der Waals surface area contributed by atoms with Gasteiger partial charge in [0.05, 0.1) is 12.8 Å². The molecule has 1 aliphatic heterocycles. The molecule has 0 N–H and O–H groups in total. The van der Waals surface area contributed by atoms with Gasteiger partial charge >= 0.3 is 0 Å². The van der Waals surface area contributed by atoms with Gasteiger partial charge in [0.15, 0.2) is 0 Å². The normalized spacial score (nSPS) is 15.7. The minimum atomic E-state index is 0.000376. The average molecular weight is 314 g/mol. The summed E-state index contributed by atoms with van der Waals surface area (Å²) < 4.78 is 6.88. The molecule has 1 aromatic heterocycles. The van der Waals surface area contributed by atoms with E-state index in [1.54, 1.807) is 17.9 Å². The van der Waals surface area contributed by atoms with Crippen molar-refractivity contribution in [3.05, 3.63) is 42.1 Å². The summed E-state index contributed by atoms with van der Waals surface area (Å²) in [4.78, 5) is 17.1. The summed E-state index contributed by atoms with van der Waals surface area (Å²) >= 11 is 0. The zero-order valence-corrected chi connectivity index (χ0v) is 13.6. The molecule has 122 valence electrons. The molecule has 1 aliphatic rings. The highest BCUT2D eigenvalue weighted by molar-refractivity contribution is 5.93. The second-order valence-electron chi connectivity index (χ2n) is 5.55. The van der Waals surface area contributed by atoms with E-state index in [0.717, 1.165) is 38.4 Å². The van der Waals surface area contributed by atoms with Gasteiger partial charge in [-0.15, -0.1) is 5.10 Å². The van der Waals surface area contributed by atoms with Crippen LogP contribution >= 0.6 is 0 Å². The molecule has 1 amide bonds. The first-order valence-electron chi connectivity index (χ1n) is 7.94. The van der Waals surface area contributed by atoms with Crippen LogP contribution in [0.2, 0.25) is 0 Å². The molecule has 23 heavy (non-hydrogen) atoms. The van der Waals surface area contributed by atoms with E-state index in [1.165, 1.54) is 0 Å². The van der Waals surface area contributed by atoms with Crippen molar-refractivity contribution in [1.82, 2.24) is 19.6 Å². The van der Waals surface area contributed by atoms with Crippen molar-refractivity contribution in [2.24, 2.45) is 0 Å². The SMILES string of the molecule is CCN1CCN(C(=O)c2cc(OC)nn2-c2ccccc2)CC1. The van der Waals surface area contributed by atoms with Crippen LogP contribution < -0.4 is 4.74 Å². The van der Waals surface area contributed by atoms with Crippen molar-refractivity contribution in [3.8, 4) is 11.6 Å². The number of piperazine rings is 1. The molecule has 0 bridgehead atoms. The Hall–Kier alpha value is -2.34. The van der Waals surface area contributed by atoms with Gasteiger partial charge in [0.25, 0.3) is 5.91 Å². The minimum Gasteiger partial charge on any atom is -0.480 e. The lowest BCUT2D eigenvalue weighted by Crippen LogP contribution is -2.48. The lowest BCUT2D eigenvalue weighted by molar-refractivity contribution is 0.0634. The highest BCUT2D eigenvalue weighted by Gasteiger charge is 2.25. The molecule has 0 atom stereocenters. The Bertz CT molecular complexity index is 660. The van der Waals surface area contributed by atoms with Gasteiger partial charge in [-0.1, -0.05) is 25.1 Å². The van der Waals surface area contributed by atoms with Crippen molar-refractivity contribution in [2.45, 2.75) is 6.92 Å². The van der Waals surface area contributed by atoms with Gasteiger partial charge in [-0.25, -0.2) is 4.68 Å². The summed E-state index contributed by atoms with van der Waals surface area (Å²) in [5.74, 6) is 0.449. The van der Waals surface area contributed by atoms with E-state index in [1.807, 2.05) is 35.2 Å². The number of carbonyl (C=O) groups excluding carboxylic acids is 1. The summed E-state index contributed by atoms with van der Waals surface area (Å²) in [7, 11) is 1.56. The standard InChI is InChI=1S/C17H22N4O2/c1-3-19-9-11-20(12-10-19)17(22)15-13-16(23-2)18-21(15)14-7-5-4-6-8-14/h4-8,13H,3,9-12H2,1-2H3. The Morgan fingerprint density at radius 1 is 1.17 bits per heavy atom. The molecule has 6 heteroatoms. The summed E-state index contributed by atoms with van der Waals surface area (Å²) in [6.45, 7) is 6.49. The van der Waals surface area contributed by atoms with Crippen LogP contribution in [0.25, 0.3) is 5.69 Å². The van der Waals surface area contributed by atoms with E-state index in [0.29, 0.717) is 11.6 Å². The summed E-state index contributed by atoms with van der Waals surface area (Å²) in [5, 5.41) is 4.38. The highest BCUT2D eigenvalue weighted by Crippen LogP contribution is 2.19. The van der Waals surface area contributed by atoms with E-state index in [2.05, 4.69) is 16.9 Å². The van der Waals surface area contributed by atoms with Gasteiger partial charge in [0, 0.05) is 32.2 Å². The topological polar surface area (TPSA) is 50.6 Å². The maximum absolute atomic E-state index is 12.9. The molecule has 0 saturated carbocycles. The molecule has 1 aromatic carbocycles. The van der Waals surface area contributed by atoms with Crippen LogP contribution in [0.3, 0.4) is 0 Å². The van der Waals surface area contributed by atoms with Gasteiger partial charge in [-0.05, 0) is 18.7 Å². The number of aromatic nitrogens is 2. The van der Waals surface area contributed by atoms with Gasteiger partial charge in [0.2, 0.25) is 5.88 Å². The molecule has 0 spiro atoms. The zero-order valence-electron chi connectivity index (χ0n) is 13.6. The Morgan fingerprint density at radius 2 is 1.87 bits per heavy atom. The second kappa shape index (κ2) is 6.83. The number of methoxy groups -OCH3 is 1. The first-order chi connectivity index (χ1) is 11.2. The fourth-order valence-corrected chi connectivity index (χ4v) is 2.81. The largest absolute Gasteiger partial charge is 0.480 e. The number of likely N-dealkylation sites (N-methyl/N-ethyl adjacent to an activating group) is 1. The number of para-hydroxylation sites is 1. The number of carbonyl (C=O) groups is 1. The Kier molecular flexibility index (Phi) is 4.62. The van der Waals surface area contributed by atoms with Gasteiger partial charge in [-0.2, -0.15) is 0 Å². The van der Waals surface area contributed by atoms with Crippen LogP contribution in [0.15, 0.2) is 36.4 Å². The van der Waals surface area contributed by atoms with Crippen LogP contribution in [0.4, 0.5) is 0 Å². The quantitative estimate of drug-likeness (QED) is 0.861. The van der Waals surface area contributed by atoms with Crippen molar-refractivity contribution in [1.29, 1.82) is 0 Å². The van der Waals surface area contributed by atoms with Crippen LogP contribution in [0.5, 0.6) is 5.88 Å². The maximum atomic E-state index is 12.9. The van der Waals surface area contributed by atoms with Gasteiger partial charge in [-0.3, -0.25) is 4.79 Å². The molecule has 0 aliphatic carbocycles. The number of hydrogen-bond acceptors (Lipinski definition) is 4. The van der Waals surface area contributed by atoms with E-state index in [-0.39, 0.29) is 5.91 Å². The molecular weight excluding hydrogens is 292 g/mol.